The summed E-state index contributed by atoms with van der Waals surface area (Å²) in [5.74, 6) is 0.0833. The van der Waals surface area contributed by atoms with Gasteiger partial charge in [-0.25, -0.2) is 9.59 Å². The van der Waals surface area contributed by atoms with Crippen molar-refractivity contribution in [3.8, 4) is 23.0 Å². The number of para-hydroxylation sites is 2. The minimum absolute atomic E-state index is 0.198. The first-order chi connectivity index (χ1) is 18.6. The summed E-state index contributed by atoms with van der Waals surface area (Å²) in [6.45, 7) is 5.06. The Kier molecular flexibility index (Phi) is 12.2. The molecule has 3 rings (SSSR count). The maximum atomic E-state index is 13.2. The van der Waals surface area contributed by atoms with E-state index in [0.717, 1.165) is 51.4 Å². The van der Waals surface area contributed by atoms with Crippen LogP contribution in [0.3, 0.4) is 0 Å². The maximum Gasteiger partial charge on any atom is 0.347 e. The molecule has 0 heterocycles. The summed E-state index contributed by atoms with van der Waals surface area (Å²) in [6, 6.07) is 20.8. The van der Waals surface area contributed by atoms with Crippen LogP contribution in [0.4, 0.5) is 0 Å². The Bertz CT molecular complexity index is 1040. The molecule has 0 aliphatic rings. The lowest BCUT2D eigenvalue weighted by atomic mass is 10.1. The van der Waals surface area contributed by atoms with E-state index in [0.29, 0.717) is 24.7 Å². The predicted molar refractivity (Wildman–Crippen MR) is 149 cm³/mol. The number of esters is 2. The third-order valence-corrected chi connectivity index (χ3v) is 5.95. The minimum atomic E-state index is -0.585. The van der Waals surface area contributed by atoms with Crippen molar-refractivity contribution in [2.75, 3.05) is 13.2 Å². The standard InChI is InChI=1S/C32H38O6/c1-3-5-7-15-23-35-29-27(31(33)37-25-17-11-9-12-18-25)21-22-28(30(29)36-24-16-8-6-4-2)32(34)38-26-19-13-10-14-20-26/h9-14,17-22H,3-8,15-16,23-24H2,1-2H3. The molecule has 0 aliphatic heterocycles. The Morgan fingerprint density at radius 1 is 0.526 bits per heavy atom. The third-order valence-electron chi connectivity index (χ3n) is 5.95. The van der Waals surface area contributed by atoms with Gasteiger partial charge >= 0.3 is 11.9 Å². The second-order valence-corrected chi connectivity index (χ2v) is 9.04. The fourth-order valence-electron chi connectivity index (χ4n) is 3.88. The molecule has 0 N–H and O–H groups in total. The molecule has 3 aromatic carbocycles. The van der Waals surface area contributed by atoms with E-state index in [1.54, 1.807) is 48.5 Å². The second-order valence-electron chi connectivity index (χ2n) is 9.04. The van der Waals surface area contributed by atoms with Gasteiger partial charge < -0.3 is 18.9 Å². The molecule has 0 saturated carbocycles. The number of benzene rings is 3. The van der Waals surface area contributed by atoms with Crippen molar-refractivity contribution < 1.29 is 28.5 Å². The highest BCUT2D eigenvalue weighted by molar-refractivity contribution is 6.00. The van der Waals surface area contributed by atoms with Gasteiger partial charge in [0.1, 0.15) is 22.6 Å². The van der Waals surface area contributed by atoms with Crippen LogP contribution in [0.1, 0.15) is 85.9 Å². The lowest BCUT2D eigenvalue weighted by Gasteiger charge is -2.19. The molecule has 0 bridgehead atoms. The first-order valence-electron chi connectivity index (χ1n) is 13.6. The van der Waals surface area contributed by atoms with Crippen LogP contribution in [-0.2, 0) is 0 Å². The first kappa shape index (κ1) is 28.8. The van der Waals surface area contributed by atoms with E-state index >= 15 is 0 Å². The highest BCUT2D eigenvalue weighted by atomic mass is 16.6. The average molecular weight is 519 g/mol. The second kappa shape index (κ2) is 16.1. The fraction of sp³-hybridized carbons (Fsp3) is 0.375. The summed E-state index contributed by atoms with van der Waals surface area (Å²) < 4.78 is 23.5. The van der Waals surface area contributed by atoms with Gasteiger partial charge in [0, 0.05) is 0 Å². The zero-order valence-corrected chi connectivity index (χ0v) is 22.4. The van der Waals surface area contributed by atoms with E-state index in [4.69, 9.17) is 18.9 Å². The van der Waals surface area contributed by atoms with Crippen molar-refractivity contribution in [3.05, 3.63) is 83.9 Å². The molecule has 0 radical (unpaired) electrons. The van der Waals surface area contributed by atoms with Crippen molar-refractivity contribution >= 4 is 11.9 Å². The van der Waals surface area contributed by atoms with Crippen LogP contribution in [-0.4, -0.2) is 25.2 Å². The number of carbonyl (C=O) groups excluding carboxylic acids is 2. The maximum absolute atomic E-state index is 13.2. The van der Waals surface area contributed by atoms with Gasteiger partial charge in [0.15, 0.2) is 11.5 Å². The van der Waals surface area contributed by atoms with Crippen LogP contribution in [0.5, 0.6) is 23.0 Å². The average Bonchev–Trinajstić information content (AvgIpc) is 2.94. The van der Waals surface area contributed by atoms with Gasteiger partial charge in [-0.15, -0.1) is 0 Å². The highest BCUT2D eigenvalue weighted by Crippen LogP contribution is 2.37. The summed E-state index contributed by atoms with van der Waals surface area (Å²) in [5, 5.41) is 0. The topological polar surface area (TPSA) is 71.1 Å². The van der Waals surface area contributed by atoms with E-state index in [1.807, 2.05) is 12.1 Å². The van der Waals surface area contributed by atoms with E-state index in [9.17, 15) is 9.59 Å². The van der Waals surface area contributed by atoms with Gasteiger partial charge in [-0.3, -0.25) is 0 Å². The number of hydrogen-bond donors (Lipinski definition) is 0. The minimum Gasteiger partial charge on any atom is -0.489 e. The normalized spacial score (nSPS) is 10.6. The molecular formula is C32H38O6. The Morgan fingerprint density at radius 3 is 1.29 bits per heavy atom. The van der Waals surface area contributed by atoms with Crippen LogP contribution in [0.25, 0.3) is 0 Å². The number of unbranched alkanes of at least 4 members (excludes halogenated alkanes) is 6. The molecule has 0 atom stereocenters. The molecule has 0 amide bonds. The van der Waals surface area contributed by atoms with Gasteiger partial charge in [0.2, 0.25) is 0 Å². The van der Waals surface area contributed by atoms with E-state index in [-0.39, 0.29) is 22.6 Å². The Morgan fingerprint density at radius 2 is 0.921 bits per heavy atom. The molecule has 38 heavy (non-hydrogen) atoms. The number of carbonyl (C=O) groups is 2. The van der Waals surface area contributed by atoms with Gasteiger partial charge in [0.05, 0.1) is 13.2 Å². The Labute approximate surface area is 225 Å². The van der Waals surface area contributed by atoms with Crippen LogP contribution in [0.2, 0.25) is 0 Å². The molecule has 0 unspecified atom stereocenters. The van der Waals surface area contributed by atoms with Crippen LogP contribution in [0.15, 0.2) is 72.8 Å². The quantitative estimate of drug-likeness (QED) is 0.109. The number of ether oxygens (including phenoxy) is 4. The molecular weight excluding hydrogens is 480 g/mol. The fourth-order valence-corrected chi connectivity index (χ4v) is 3.88. The summed E-state index contributed by atoms with van der Waals surface area (Å²) in [4.78, 5) is 26.5. The zero-order valence-electron chi connectivity index (χ0n) is 22.4. The van der Waals surface area contributed by atoms with Crippen molar-refractivity contribution in [3.63, 3.8) is 0 Å². The summed E-state index contributed by atoms with van der Waals surface area (Å²) >= 11 is 0. The SMILES string of the molecule is CCCCCCOc1c(C(=O)Oc2ccccc2)ccc(C(=O)Oc2ccccc2)c1OCCCCCC. The van der Waals surface area contributed by atoms with Crippen LogP contribution < -0.4 is 18.9 Å². The largest absolute Gasteiger partial charge is 0.489 e. The molecule has 202 valence electrons. The highest BCUT2D eigenvalue weighted by Gasteiger charge is 2.27. The first-order valence-corrected chi connectivity index (χ1v) is 13.6. The number of rotatable bonds is 16. The molecule has 6 nitrogen and oxygen atoms in total. The molecule has 0 fully saturated rings. The van der Waals surface area contributed by atoms with Crippen molar-refractivity contribution in [1.82, 2.24) is 0 Å². The van der Waals surface area contributed by atoms with E-state index < -0.39 is 11.9 Å². The monoisotopic (exact) mass is 518 g/mol. The number of hydrogen-bond acceptors (Lipinski definition) is 6. The van der Waals surface area contributed by atoms with Gasteiger partial charge in [0.25, 0.3) is 0 Å². The van der Waals surface area contributed by atoms with Gasteiger partial charge in [-0.05, 0) is 49.2 Å². The van der Waals surface area contributed by atoms with Gasteiger partial charge in [-0.1, -0.05) is 88.8 Å². The zero-order chi connectivity index (χ0) is 27.0. The van der Waals surface area contributed by atoms with Gasteiger partial charge in [-0.2, -0.15) is 0 Å². The van der Waals surface area contributed by atoms with Crippen molar-refractivity contribution in [2.24, 2.45) is 0 Å². The Hall–Kier alpha value is -3.80. The lowest BCUT2D eigenvalue weighted by Crippen LogP contribution is -2.17. The van der Waals surface area contributed by atoms with Crippen LogP contribution >= 0.6 is 0 Å². The Balaban J connectivity index is 1.95. The van der Waals surface area contributed by atoms with Crippen molar-refractivity contribution in [1.29, 1.82) is 0 Å². The molecule has 0 spiro atoms. The lowest BCUT2D eigenvalue weighted by molar-refractivity contribution is 0.0710. The van der Waals surface area contributed by atoms with Crippen molar-refractivity contribution in [2.45, 2.75) is 65.2 Å². The molecule has 0 saturated heterocycles. The van der Waals surface area contributed by atoms with Crippen LogP contribution in [0, 0.1) is 0 Å². The summed E-state index contributed by atoms with van der Waals surface area (Å²) in [7, 11) is 0. The molecule has 6 heteroatoms. The smallest absolute Gasteiger partial charge is 0.347 e. The third kappa shape index (κ3) is 8.94. The molecule has 3 aromatic rings. The van der Waals surface area contributed by atoms with E-state index in [2.05, 4.69) is 13.8 Å². The van der Waals surface area contributed by atoms with E-state index in [1.165, 1.54) is 12.1 Å². The summed E-state index contributed by atoms with van der Waals surface area (Å²) in [5.41, 5.74) is 0.397. The predicted octanol–water partition coefficient (Wildman–Crippen LogP) is 8.04. The summed E-state index contributed by atoms with van der Waals surface area (Å²) in [6.07, 6.45) is 8.02. The molecule has 0 aromatic heterocycles. The molecule has 0 aliphatic carbocycles.